The van der Waals surface area contributed by atoms with Crippen molar-refractivity contribution in [1.29, 1.82) is 0 Å². The molecule has 5 heteroatoms. The maximum atomic E-state index is 13.3. The Morgan fingerprint density at radius 3 is 2.25 bits per heavy atom. The normalized spacial score (nSPS) is 25.6. The van der Waals surface area contributed by atoms with Crippen LogP contribution in [0, 0.1) is 11.6 Å². The van der Waals surface area contributed by atoms with Gasteiger partial charge in [0.1, 0.15) is 11.6 Å². The van der Waals surface area contributed by atoms with Crippen LogP contribution >= 0.6 is 0 Å². The zero-order valence-electron chi connectivity index (χ0n) is 12.1. The molecule has 1 aliphatic heterocycles. The lowest BCUT2D eigenvalue weighted by molar-refractivity contribution is 0.0304. The number of hydrogen-bond donors (Lipinski definition) is 2. The molecular weight excluding hydrogens is 260 g/mol. The van der Waals surface area contributed by atoms with Gasteiger partial charge in [0.2, 0.25) is 0 Å². The highest BCUT2D eigenvalue weighted by atomic mass is 19.1. The molecule has 1 aromatic carbocycles. The van der Waals surface area contributed by atoms with Crippen LogP contribution in [0.25, 0.3) is 0 Å². The molecule has 1 fully saturated rings. The number of hydrogen-bond acceptors (Lipinski definition) is 3. The summed E-state index contributed by atoms with van der Waals surface area (Å²) in [4.78, 5) is 0. The van der Waals surface area contributed by atoms with Crippen molar-refractivity contribution in [3.63, 3.8) is 0 Å². The van der Waals surface area contributed by atoms with Gasteiger partial charge in [0, 0.05) is 24.7 Å². The molecule has 1 aliphatic rings. The van der Waals surface area contributed by atoms with Crippen LogP contribution in [0.4, 0.5) is 8.78 Å². The maximum Gasteiger partial charge on any atom is 0.126 e. The van der Waals surface area contributed by atoms with Gasteiger partial charge in [0.15, 0.2) is 0 Å². The molecule has 0 radical (unpaired) electrons. The standard InChI is InChI=1S/C15H23F2N3/c1-10-4-3-5-11(2)20(10)19-15(9-18)12-6-13(16)8-14(17)7-12/h6-8,10-11,15,19H,3-5,9,18H2,1-2H3. The van der Waals surface area contributed by atoms with Crippen LogP contribution in [0.3, 0.4) is 0 Å². The van der Waals surface area contributed by atoms with Crippen molar-refractivity contribution >= 4 is 0 Å². The van der Waals surface area contributed by atoms with E-state index in [0.29, 0.717) is 24.2 Å². The van der Waals surface area contributed by atoms with Crippen molar-refractivity contribution in [2.45, 2.75) is 51.2 Å². The molecule has 112 valence electrons. The van der Waals surface area contributed by atoms with E-state index in [-0.39, 0.29) is 6.04 Å². The molecule has 1 heterocycles. The van der Waals surface area contributed by atoms with Gasteiger partial charge in [-0.15, -0.1) is 0 Å². The predicted octanol–water partition coefficient (Wildman–Crippen LogP) is 2.73. The predicted molar refractivity (Wildman–Crippen MR) is 75.9 cm³/mol. The van der Waals surface area contributed by atoms with Gasteiger partial charge >= 0.3 is 0 Å². The number of nitrogens with zero attached hydrogens (tertiary/aromatic N) is 1. The molecule has 0 aromatic heterocycles. The second-order valence-corrected chi connectivity index (χ2v) is 5.66. The molecule has 0 spiro atoms. The molecule has 0 aliphatic carbocycles. The Labute approximate surface area is 119 Å². The first-order valence-electron chi connectivity index (χ1n) is 7.22. The Kier molecular flexibility index (Phi) is 5.07. The molecule has 0 bridgehead atoms. The zero-order valence-corrected chi connectivity index (χ0v) is 12.1. The third-order valence-corrected chi connectivity index (χ3v) is 4.02. The van der Waals surface area contributed by atoms with Gasteiger partial charge in [0.25, 0.3) is 0 Å². The molecule has 3 atom stereocenters. The van der Waals surface area contributed by atoms with E-state index < -0.39 is 11.6 Å². The van der Waals surface area contributed by atoms with Gasteiger partial charge in [-0.25, -0.2) is 19.2 Å². The van der Waals surface area contributed by atoms with Crippen LogP contribution in [0.5, 0.6) is 0 Å². The molecule has 20 heavy (non-hydrogen) atoms. The summed E-state index contributed by atoms with van der Waals surface area (Å²) in [6, 6.07) is 4.07. The zero-order chi connectivity index (χ0) is 14.7. The van der Waals surface area contributed by atoms with Crippen LogP contribution in [-0.4, -0.2) is 23.6 Å². The molecule has 1 saturated heterocycles. The number of nitrogens with two attached hydrogens (primary N) is 1. The Morgan fingerprint density at radius 1 is 1.20 bits per heavy atom. The summed E-state index contributed by atoms with van der Waals surface area (Å²) in [5.41, 5.74) is 9.68. The number of piperidine rings is 1. The minimum Gasteiger partial charge on any atom is -0.329 e. The van der Waals surface area contributed by atoms with Crippen molar-refractivity contribution in [1.82, 2.24) is 10.4 Å². The lowest BCUT2D eigenvalue weighted by Gasteiger charge is -2.41. The summed E-state index contributed by atoms with van der Waals surface area (Å²) in [6.07, 6.45) is 3.45. The summed E-state index contributed by atoms with van der Waals surface area (Å²) in [6.45, 7) is 4.60. The fraction of sp³-hybridized carbons (Fsp3) is 0.600. The Bertz CT molecular complexity index is 422. The average Bonchev–Trinajstić information content (AvgIpc) is 2.37. The van der Waals surface area contributed by atoms with Crippen molar-refractivity contribution in [3.8, 4) is 0 Å². The lowest BCUT2D eigenvalue weighted by atomic mass is 9.99. The highest BCUT2D eigenvalue weighted by Gasteiger charge is 2.27. The minimum absolute atomic E-state index is 0.275. The third-order valence-electron chi connectivity index (χ3n) is 4.02. The van der Waals surface area contributed by atoms with Crippen LogP contribution < -0.4 is 11.2 Å². The van der Waals surface area contributed by atoms with Gasteiger partial charge in [-0.05, 0) is 44.4 Å². The third kappa shape index (κ3) is 3.53. The van der Waals surface area contributed by atoms with Gasteiger partial charge in [0.05, 0.1) is 6.04 Å². The Hall–Kier alpha value is -1.04. The highest BCUT2D eigenvalue weighted by Crippen LogP contribution is 2.23. The van der Waals surface area contributed by atoms with Crippen LogP contribution in [0.1, 0.15) is 44.7 Å². The molecule has 0 amide bonds. The quantitative estimate of drug-likeness (QED) is 0.892. The smallest absolute Gasteiger partial charge is 0.126 e. The number of rotatable bonds is 4. The number of halogens is 2. The SMILES string of the molecule is CC1CCCC(C)N1NC(CN)c1cc(F)cc(F)c1. The largest absolute Gasteiger partial charge is 0.329 e. The van der Waals surface area contributed by atoms with Crippen molar-refractivity contribution < 1.29 is 8.78 Å². The first-order chi connectivity index (χ1) is 9.51. The van der Waals surface area contributed by atoms with Crippen LogP contribution in [0.2, 0.25) is 0 Å². The van der Waals surface area contributed by atoms with Gasteiger partial charge in [-0.1, -0.05) is 6.42 Å². The van der Waals surface area contributed by atoms with Gasteiger partial charge in [-0.3, -0.25) is 0 Å². The lowest BCUT2D eigenvalue weighted by Crippen LogP contribution is -2.54. The summed E-state index contributed by atoms with van der Waals surface area (Å²) in [7, 11) is 0. The summed E-state index contributed by atoms with van der Waals surface area (Å²) in [5, 5.41) is 2.17. The van der Waals surface area contributed by atoms with E-state index >= 15 is 0 Å². The number of benzene rings is 1. The first-order valence-corrected chi connectivity index (χ1v) is 7.22. The topological polar surface area (TPSA) is 41.3 Å². The van der Waals surface area contributed by atoms with Crippen molar-refractivity contribution in [3.05, 3.63) is 35.4 Å². The Balaban J connectivity index is 2.15. The maximum absolute atomic E-state index is 13.3. The van der Waals surface area contributed by atoms with E-state index in [1.54, 1.807) is 0 Å². The van der Waals surface area contributed by atoms with Gasteiger partial charge < -0.3 is 5.73 Å². The molecule has 1 aromatic rings. The summed E-state index contributed by atoms with van der Waals surface area (Å²) < 4.78 is 26.7. The van der Waals surface area contributed by atoms with E-state index in [9.17, 15) is 8.78 Å². The fourth-order valence-electron chi connectivity index (χ4n) is 2.90. The molecule has 3 nitrogen and oxygen atoms in total. The summed E-state index contributed by atoms with van der Waals surface area (Å²) in [5.74, 6) is -1.14. The minimum atomic E-state index is -0.569. The second-order valence-electron chi connectivity index (χ2n) is 5.66. The van der Waals surface area contributed by atoms with E-state index in [4.69, 9.17) is 5.73 Å². The Morgan fingerprint density at radius 2 is 1.75 bits per heavy atom. The molecule has 2 rings (SSSR count). The van der Waals surface area contributed by atoms with Crippen molar-refractivity contribution in [2.75, 3.05) is 6.54 Å². The van der Waals surface area contributed by atoms with Crippen molar-refractivity contribution in [2.24, 2.45) is 5.73 Å². The van der Waals surface area contributed by atoms with Crippen LogP contribution in [-0.2, 0) is 0 Å². The molecular formula is C15H23F2N3. The summed E-state index contributed by atoms with van der Waals surface area (Å²) >= 11 is 0. The molecule has 3 N–H and O–H groups in total. The fourth-order valence-corrected chi connectivity index (χ4v) is 2.90. The monoisotopic (exact) mass is 283 g/mol. The first kappa shape index (κ1) is 15.4. The second kappa shape index (κ2) is 6.61. The number of nitrogens with one attached hydrogen (secondary N) is 1. The highest BCUT2D eigenvalue weighted by molar-refractivity contribution is 5.21. The average molecular weight is 283 g/mol. The number of hydrazine groups is 1. The van der Waals surface area contributed by atoms with E-state index in [1.165, 1.54) is 18.6 Å². The van der Waals surface area contributed by atoms with E-state index in [0.717, 1.165) is 18.9 Å². The molecule has 3 unspecified atom stereocenters. The van der Waals surface area contributed by atoms with Crippen LogP contribution in [0.15, 0.2) is 18.2 Å². The van der Waals surface area contributed by atoms with Gasteiger partial charge in [-0.2, -0.15) is 0 Å². The molecule has 0 saturated carbocycles. The van der Waals surface area contributed by atoms with E-state index in [2.05, 4.69) is 24.3 Å². The van der Waals surface area contributed by atoms with E-state index in [1.807, 2.05) is 0 Å².